The number of carbonyl (C=O) groups excluding carboxylic acids is 1. The third-order valence-corrected chi connectivity index (χ3v) is 4.51. The van der Waals surface area contributed by atoms with Crippen LogP contribution in [0.1, 0.15) is 47.2 Å². The van der Waals surface area contributed by atoms with Crippen LogP contribution in [0.2, 0.25) is 0 Å². The molecule has 2 fully saturated rings. The van der Waals surface area contributed by atoms with E-state index in [0.717, 1.165) is 44.5 Å². The molecule has 0 bridgehead atoms. The molecule has 0 spiro atoms. The Morgan fingerprint density at radius 3 is 2.30 bits per heavy atom. The van der Waals surface area contributed by atoms with Crippen molar-refractivity contribution in [1.29, 1.82) is 0 Å². The van der Waals surface area contributed by atoms with E-state index in [1.54, 1.807) is 0 Å². The number of hydrogen-bond donors (Lipinski definition) is 0. The van der Waals surface area contributed by atoms with Crippen LogP contribution in [-0.2, 0) is 4.74 Å². The van der Waals surface area contributed by atoms with Gasteiger partial charge < -0.3 is 9.64 Å². The lowest BCUT2D eigenvalue weighted by molar-refractivity contribution is 0.0267. The molecule has 0 unspecified atom stereocenters. The fourth-order valence-electron chi connectivity index (χ4n) is 2.97. The molecule has 1 amide bonds. The van der Waals surface area contributed by atoms with Crippen molar-refractivity contribution in [3.8, 4) is 0 Å². The van der Waals surface area contributed by atoms with Gasteiger partial charge in [-0.1, -0.05) is 6.07 Å². The summed E-state index contributed by atoms with van der Waals surface area (Å²) in [7, 11) is 0. The van der Waals surface area contributed by atoms with Gasteiger partial charge in [-0.25, -0.2) is 0 Å². The molecule has 1 saturated heterocycles. The number of rotatable bonds is 3. The molecule has 2 aliphatic rings. The Morgan fingerprint density at radius 1 is 1.05 bits per heavy atom. The molecule has 1 aromatic carbocycles. The van der Waals surface area contributed by atoms with Crippen molar-refractivity contribution in [2.75, 3.05) is 13.2 Å². The number of amides is 1. The summed E-state index contributed by atoms with van der Waals surface area (Å²) in [5.74, 6) is 0.211. The first-order valence-electron chi connectivity index (χ1n) is 7.64. The summed E-state index contributed by atoms with van der Waals surface area (Å²) in [4.78, 5) is 15.0. The molecule has 3 nitrogen and oxygen atoms in total. The predicted molar refractivity (Wildman–Crippen MR) is 78.9 cm³/mol. The minimum absolute atomic E-state index is 0.211. The van der Waals surface area contributed by atoms with E-state index in [-0.39, 0.29) is 5.91 Å². The molecule has 0 N–H and O–H groups in total. The van der Waals surface area contributed by atoms with Crippen LogP contribution in [-0.4, -0.2) is 36.1 Å². The standard InChI is InChI=1S/C17H23NO2/c1-12-3-4-14(11-13(12)2)17(19)18(15-5-6-15)16-7-9-20-10-8-16/h3-4,11,15-16H,5-10H2,1-2H3. The Hall–Kier alpha value is -1.35. The van der Waals surface area contributed by atoms with Crippen LogP contribution in [0.3, 0.4) is 0 Å². The van der Waals surface area contributed by atoms with E-state index >= 15 is 0 Å². The molecule has 1 aromatic rings. The molecular formula is C17H23NO2. The second-order valence-corrected chi connectivity index (χ2v) is 6.09. The van der Waals surface area contributed by atoms with E-state index in [0.29, 0.717) is 12.1 Å². The fraction of sp³-hybridized carbons (Fsp3) is 0.588. The highest BCUT2D eigenvalue weighted by molar-refractivity contribution is 5.95. The summed E-state index contributed by atoms with van der Waals surface area (Å²) in [6.07, 6.45) is 4.28. The van der Waals surface area contributed by atoms with Gasteiger partial charge in [0.1, 0.15) is 0 Å². The summed E-state index contributed by atoms with van der Waals surface area (Å²) in [6, 6.07) is 6.89. The number of ether oxygens (including phenoxy) is 1. The molecule has 1 saturated carbocycles. The lowest BCUT2D eigenvalue weighted by Gasteiger charge is -2.34. The Bertz CT molecular complexity index is 502. The van der Waals surface area contributed by atoms with Crippen molar-refractivity contribution in [1.82, 2.24) is 4.90 Å². The quantitative estimate of drug-likeness (QED) is 0.847. The molecule has 20 heavy (non-hydrogen) atoms. The predicted octanol–water partition coefficient (Wildman–Crippen LogP) is 3.09. The first-order chi connectivity index (χ1) is 9.66. The van der Waals surface area contributed by atoms with Gasteiger partial charge in [0.2, 0.25) is 0 Å². The van der Waals surface area contributed by atoms with Gasteiger partial charge in [-0.2, -0.15) is 0 Å². The summed E-state index contributed by atoms with van der Waals surface area (Å²) in [6.45, 7) is 5.73. The molecule has 3 heteroatoms. The van der Waals surface area contributed by atoms with Crippen molar-refractivity contribution in [2.45, 2.75) is 51.6 Å². The zero-order valence-electron chi connectivity index (χ0n) is 12.4. The molecule has 0 atom stereocenters. The average Bonchev–Trinajstić information content (AvgIpc) is 3.28. The van der Waals surface area contributed by atoms with Crippen molar-refractivity contribution >= 4 is 5.91 Å². The normalized spacial score (nSPS) is 19.9. The summed E-state index contributed by atoms with van der Waals surface area (Å²) < 4.78 is 5.43. The lowest BCUT2D eigenvalue weighted by Crippen LogP contribution is -2.44. The van der Waals surface area contributed by atoms with Gasteiger partial charge in [0, 0.05) is 30.9 Å². The van der Waals surface area contributed by atoms with Gasteiger partial charge in [0.15, 0.2) is 0 Å². The van der Waals surface area contributed by atoms with Crippen LogP contribution >= 0.6 is 0 Å². The van der Waals surface area contributed by atoms with Crippen molar-refractivity contribution in [3.05, 3.63) is 34.9 Å². The maximum Gasteiger partial charge on any atom is 0.254 e. The number of nitrogens with zero attached hydrogens (tertiary/aromatic N) is 1. The highest BCUT2D eigenvalue weighted by Gasteiger charge is 2.38. The maximum absolute atomic E-state index is 12.9. The molecule has 1 aliphatic carbocycles. The first-order valence-corrected chi connectivity index (χ1v) is 7.64. The van der Waals surface area contributed by atoms with Crippen LogP contribution in [0, 0.1) is 13.8 Å². The second kappa shape index (κ2) is 5.57. The molecule has 0 aromatic heterocycles. The van der Waals surface area contributed by atoms with Crippen LogP contribution in [0.15, 0.2) is 18.2 Å². The highest BCUT2D eigenvalue weighted by atomic mass is 16.5. The number of benzene rings is 1. The Kier molecular flexibility index (Phi) is 3.79. The lowest BCUT2D eigenvalue weighted by atomic mass is 10.0. The molecule has 0 radical (unpaired) electrons. The molecule has 3 rings (SSSR count). The zero-order valence-corrected chi connectivity index (χ0v) is 12.4. The molecular weight excluding hydrogens is 250 g/mol. The number of carbonyl (C=O) groups is 1. The minimum Gasteiger partial charge on any atom is -0.381 e. The third-order valence-electron chi connectivity index (χ3n) is 4.51. The van der Waals surface area contributed by atoms with E-state index in [1.807, 2.05) is 12.1 Å². The van der Waals surface area contributed by atoms with Crippen LogP contribution in [0.25, 0.3) is 0 Å². The van der Waals surface area contributed by atoms with Crippen molar-refractivity contribution in [3.63, 3.8) is 0 Å². The van der Waals surface area contributed by atoms with E-state index in [9.17, 15) is 4.79 Å². The Labute approximate surface area is 120 Å². The Balaban J connectivity index is 1.82. The molecule has 1 heterocycles. The summed E-state index contributed by atoms with van der Waals surface area (Å²) in [5.41, 5.74) is 3.27. The van der Waals surface area contributed by atoms with Gasteiger partial charge in [-0.05, 0) is 62.8 Å². The first kappa shape index (κ1) is 13.6. The van der Waals surface area contributed by atoms with Gasteiger partial charge in [-0.3, -0.25) is 4.79 Å². The van der Waals surface area contributed by atoms with Crippen LogP contribution in [0.4, 0.5) is 0 Å². The third kappa shape index (κ3) is 2.73. The SMILES string of the molecule is Cc1ccc(C(=O)N(C2CCOCC2)C2CC2)cc1C. The monoisotopic (exact) mass is 273 g/mol. The minimum atomic E-state index is 0.211. The van der Waals surface area contributed by atoms with Gasteiger partial charge >= 0.3 is 0 Å². The number of aryl methyl sites for hydroxylation is 2. The number of hydrogen-bond acceptors (Lipinski definition) is 2. The summed E-state index contributed by atoms with van der Waals surface area (Å²) >= 11 is 0. The second-order valence-electron chi connectivity index (χ2n) is 6.09. The van der Waals surface area contributed by atoms with Crippen molar-refractivity contribution < 1.29 is 9.53 Å². The van der Waals surface area contributed by atoms with Gasteiger partial charge in [0.25, 0.3) is 5.91 Å². The van der Waals surface area contributed by atoms with E-state index < -0.39 is 0 Å². The molecule has 1 aliphatic heterocycles. The van der Waals surface area contributed by atoms with Crippen LogP contribution < -0.4 is 0 Å². The van der Waals surface area contributed by atoms with Gasteiger partial charge in [-0.15, -0.1) is 0 Å². The summed E-state index contributed by atoms with van der Waals surface area (Å²) in [5, 5.41) is 0. The van der Waals surface area contributed by atoms with Gasteiger partial charge in [0.05, 0.1) is 0 Å². The van der Waals surface area contributed by atoms with Crippen LogP contribution in [0.5, 0.6) is 0 Å². The maximum atomic E-state index is 12.9. The largest absolute Gasteiger partial charge is 0.381 e. The highest BCUT2D eigenvalue weighted by Crippen LogP contribution is 2.33. The average molecular weight is 273 g/mol. The fourth-order valence-corrected chi connectivity index (χ4v) is 2.97. The molecule has 108 valence electrons. The smallest absolute Gasteiger partial charge is 0.254 e. The van der Waals surface area contributed by atoms with E-state index in [2.05, 4.69) is 24.8 Å². The van der Waals surface area contributed by atoms with E-state index in [4.69, 9.17) is 4.74 Å². The zero-order chi connectivity index (χ0) is 14.1. The Morgan fingerprint density at radius 2 is 1.70 bits per heavy atom. The van der Waals surface area contributed by atoms with E-state index in [1.165, 1.54) is 11.1 Å². The topological polar surface area (TPSA) is 29.5 Å². The van der Waals surface area contributed by atoms with Crippen molar-refractivity contribution in [2.24, 2.45) is 0 Å².